The number of aliphatic hydroxyl groups is 1. The first kappa shape index (κ1) is 11.2. The molecule has 1 aliphatic rings. The van der Waals surface area contributed by atoms with Gasteiger partial charge in [0.25, 0.3) is 5.91 Å². The third-order valence-electron chi connectivity index (χ3n) is 3.46. The maximum atomic E-state index is 12.4. The van der Waals surface area contributed by atoms with Crippen LogP contribution in [0.3, 0.4) is 0 Å². The molecule has 0 aliphatic carbocycles. The van der Waals surface area contributed by atoms with E-state index < -0.39 is 0 Å². The number of amides is 1. The van der Waals surface area contributed by atoms with Crippen LogP contribution in [0.15, 0.2) is 24.4 Å². The van der Waals surface area contributed by atoms with Crippen LogP contribution >= 0.6 is 0 Å². The molecule has 0 spiro atoms. The summed E-state index contributed by atoms with van der Waals surface area (Å²) < 4.78 is 0. The Kier molecular flexibility index (Phi) is 2.76. The van der Waals surface area contributed by atoms with Gasteiger partial charge in [-0.15, -0.1) is 0 Å². The van der Waals surface area contributed by atoms with Crippen LogP contribution in [0.1, 0.15) is 23.2 Å². The molecule has 3 rings (SSSR count). The lowest BCUT2D eigenvalue weighted by atomic mass is 10.1. The van der Waals surface area contributed by atoms with E-state index in [0.717, 1.165) is 10.9 Å². The minimum Gasteiger partial charge on any atom is -0.393 e. The number of fused-ring (bicyclic) bond motifs is 1. The Morgan fingerprint density at radius 3 is 2.94 bits per heavy atom. The summed E-state index contributed by atoms with van der Waals surface area (Å²) in [7, 11) is 0. The number of likely N-dealkylation sites (tertiary alicyclic amines) is 1. The first-order valence-corrected chi connectivity index (χ1v) is 6.15. The predicted molar refractivity (Wildman–Crippen MR) is 67.2 cm³/mol. The van der Waals surface area contributed by atoms with Crippen molar-refractivity contribution in [3.63, 3.8) is 0 Å². The molecule has 5 heteroatoms. The van der Waals surface area contributed by atoms with Crippen LogP contribution in [-0.2, 0) is 0 Å². The first-order valence-electron chi connectivity index (χ1n) is 6.15. The second-order valence-electron chi connectivity index (χ2n) is 4.66. The summed E-state index contributed by atoms with van der Waals surface area (Å²) in [6.45, 7) is 1.23. The highest BCUT2D eigenvalue weighted by Crippen LogP contribution is 2.19. The summed E-state index contributed by atoms with van der Waals surface area (Å²) in [4.78, 5) is 14.2. The maximum Gasteiger partial charge on any atom is 0.256 e. The fraction of sp³-hybridized carbons (Fsp3) is 0.385. The summed E-state index contributed by atoms with van der Waals surface area (Å²) in [6, 6.07) is 5.60. The summed E-state index contributed by atoms with van der Waals surface area (Å²) in [5.41, 5.74) is 1.44. The molecule has 0 atom stereocenters. The molecular weight excluding hydrogens is 230 g/mol. The zero-order chi connectivity index (χ0) is 12.5. The van der Waals surface area contributed by atoms with Gasteiger partial charge < -0.3 is 10.0 Å². The molecular formula is C13H15N3O2. The van der Waals surface area contributed by atoms with Gasteiger partial charge in [-0.2, -0.15) is 5.10 Å². The summed E-state index contributed by atoms with van der Waals surface area (Å²) >= 11 is 0. The Morgan fingerprint density at radius 2 is 2.17 bits per heavy atom. The molecule has 1 saturated heterocycles. The molecule has 0 unspecified atom stereocenters. The smallest absolute Gasteiger partial charge is 0.256 e. The third kappa shape index (κ3) is 1.86. The number of para-hydroxylation sites is 1. The van der Waals surface area contributed by atoms with E-state index in [2.05, 4.69) is 10.2 Å². The Balaban J connectivity index is 1.90. The minimum atomic E-state index is -0.267. The van der Waals surface area contributed by atoms with Crippen LogP contribution in [0, 0.1) is 0 Å². The molecule has 2 aromatic rings. The summed E-state index contributed by atoms with van der Waals surface area (Å²) in [5.74, 6) is 0.0109. The number of aromatic nitrogens is 2. The molecule has 2 N–H and O–H groups in total. The van der Waals surface area contributed by atoms with Gasteiger partial charge in [0.05, 0.1) is 23.4 Å². The Morgan fingerprint density at radius 1 is 1.39 bits per heavy atom. The molecule has 0 saturated carbocycles. The Labute approximate surface area is 104 Å². The Bertz CT molecular complexity index is 570. The second kappa shape index (κ2) is 4.42. The zero-order valence-corrected chi connectivity index (χ0v) is 9.97. The average Bonchev–Trinajstić information content (AvgIpc) is 2.87. The lowest BCUT2D eigenvalue weighted by molar-refractivity contribution is 0.0548. The van der Waals surface area contributed by atoms with Crippen LogP contribution in [0.2, 0.25) is 0 Å². The van der Waals surface area contributed by atoms with Gasteiger partial charge in [-0.05, 0) is 18.9 Å². The highest BCUT2D eigenvalue weighted by molar-refractivity contribution is 6.05. The number of nitrogens with one attached hydrogen (secondary N) is 1. The number of benzene rings is 1. The van der Waals surface area contributed by atoms with Crippen molar-refractivity contribution in [3.05, 3.63) is 30.0 Å². The molecule has 18 heavy (non-hydrogen) atoms. The standard InChI is InChI=1S/C13H15N3O2/c17-10-4-6-16(7-5-10)13(18)11-3-1-2-9-8-14-15-12(9)11/h1-3,8,10,17H,4-7H2,(H,14,15). The van der Waals surface area contributed by atoms with Crippen LogP contribution in [0.25, 0.3) is 10.9 Å². The van der Waals surface area contributed by atoms with Crippen molar-refractivity contribution in [1.29, 1.82) is 0 Å². The number of carbonyl (C=O) groups excluding carboxylic acids is 1. The SMILES string of the molecule is O=C(c1cccc2cn[nH]c12)N1CCC(O)CC1. The highest BCUT2D eigenvalue weighted by atomic mass is 16.3. The van der Waals surface area contributed by atoms with Crippen LogP contribution in [0.5, 0.6) is 0 Å². The number of rotatable bonds is 1. The minimum absolute atomic E-state index is 0.0109. The van der Waals surface area contributed by atoms with E-state index in [0.29, 0.717) is 31.5 Å². The van der Waals surface area contributed by atoms with Crippen LogP contribution < -0.4 is 0 Å². The van der Waals surface area contributed by atoms with Crippen molar-refractivity contribution >= 4 is 16.8 Å². The number of hydrogen-bond donors (Lipinski definition) is 2. The number of aromatic amines is 1. The van der Waals surface area contributed by atoms with Crippen LogP contribution in [-0.4, -0.2) is 45.3 Å². The fourth-order valence-electron chi connectivity index (χ4n) is 2.39. The van der Waals surface area contributed by atoms with Gasteiger partial charge in [-0.25, -0.2) is 0 Å². The van der Waals surface area contributed by atoms with Crippen molar-refractivity contribution in [3.8, 4) is 0 Å². The van der Waals surface area contributed by atoms with E-state index in [1.54, 1.807) is 11.1 Å². The lowest BCUT2D eigenvalue weighted by Crippen LogP contribution is -2.40. The monoisotopic (exact) mass is 245 g/mol. The highest BCUT2D eigenvalue weighted by Gasteiger charge is 2.23. The molecule has 1 aromatic heterocycles. The quantitative estimate of drug-likeness (QED) is 0.792. The number of aliphatic hydroxyl groups excluding tert-OH is 1. The van der Waals surface area contributed by atoms with Crippen molar-refractivity contribution < 1.29 is 9.90 Å². The first-order chi connectivity index (χ1) is 8.75. The zero-order valence-electron chi connectivity index (χ0n) is 9.97. The van der Waals surface area contributed by atoms with Crippen LogP contribution in [0.4, 0.5) is 0 Å². The van der Waals surface area contributed by atoms with Gasteiger partial charge in [0, 0.05) is 18.5 Å². The molecule has 94 valence electrons. The number of piperidine rings is 1. The molecule has 2 heterocycles. The number of H-pyrrole nitrogens is 1. The third-order valence-corrected chi connectivity index (χ3v) is 3.46. The molecule has 0 bridgehead atoms. The van der Waals surface area contributed by atoms with Gasteiger partial charge in [0.15, 0.2) is 0 Å². The van der Waals surface area contributed by atoms with Gasteiger partial charge in [-0.1, -0.05) is 12.1 Å². The van der Waals surface area contributed by atoms with Gasteiger partial charge in [0.1, 0.15) is 0 Å². The number of carbonyl (C=O) groups is 1. The summed E-state index contributed by atoms with van der Waals surface area (Å²) in [5, 5.41) is 17.2. The van der Waals surface area contributed by atoms with E-state index in [-0.39, 0.29) is 12.0 Å². The van der Waals surface area contributed by atoms with Crippen molar-refractivity contribution in [2.24, 2.45) is 0 Å². The van der Waals surface area contributed by atoms with Gasteiger partial charge in [-0.3, -0.25) is 9.89 Å². The van der Waals surface area contributed by atoms with E-state index in [1.165, 1.54) is 0 Å². The largest absolute Gasteiger partial charge is 0.393 e. The number of hydrogen-bond acceptors (Lipinski definition) is 3. The molecule has 1 aliphatic heterocycles. The molecule has 1 fully saturated rings. The van der Waals surface area contributed by atoms with Crippen molar-refractivity contribution in [2.45, 2.75) is 18.9 Å². The Hall–Kier alpha value is -1.88. The molecule has 5 nitrogen and oxygen atoms in total. The molecule has 1 aromatic carbocycles. The fourth-order valence-corrected chi connectivity index (χ4v) is 2.39. The predicted octanol–water partition coefficient (Wildman–Crippen LogP) is 1.16. The molecule has 1 amide bonds. The van der Waals surface area contributed by atoms with E-state index in [9.17, 15) is 9.90 Å². The maximum absolute atomic E-state index is 12.4. The average molecular weight is 245 g/mol. The van der Waals surface area contributed by atoms with E-state index >= 15 is 0 Å². The topological polar surface area (TPSA) is 69.2 Å². The van der Waals surface area contributed by atoms with E-state index in [1.807, 2.05) is 18.2 Å². The normalized spacial score (nSPS) is 17.3. The summed E-state index contributed by atoms with van der Waals surface area (Å²) in [6.07, 6.45) is 2.76. The molecule has 0 radical (unpaired) electrons. The number of nitrogens with zero attached hydrogens (tertiary/aromatic N) is 2. The van der Waals surface area contributed by atoms with Gasteiger partial charge in [0.2, 0.25) is 0 Å². The van der Waals surface area contributed by atoms with Gasteiger partial charge >= 0.3 is 0 Å². The van der Waals surface area contributed by atoms with Crippen molar-refractivity contribution in [1.82, 2.24) is 15.1 Å². The van der Waals surface area contributed by atoms with Crippen molar-refractivity contribution in [2.75, 3.05) is 13.1 Å². The second-order valence-corrected chi connectivity index (χ2v) is 4.66. The lowest BCUT2D eigenvalue weighted by Gasteiger charge is -2.29. The van der Waals surface area contributed by atoms with E-state index in [4.69, 9.17) is 0 Å².